The summed E-state index contributed by atoms with van der Waals surface area (Å²) in [4.78, 5) is 37.2. The molecule has 3 heterocycles. The van der Waals surface area contributed by atoms with Gasteiger partial charge in [0.05, 0.1) is 18.2 Å². The molecule has 1 atom stereocenters. The third kappa shape index (κ3) is 5.45. The second-order valence-electron chi connectivity index (χ2n) is 10.9. The average molecular weight is 541 g/mol. The minimum absolute atomic E-state index is 0.0505. The molecule has 1 N–H and O–H groups in total. The Morgan fingerprint density at radius 2 is 1.62 bits per heavy atom. The van der Waals surface area contributed by atoms with Gasteiger partial charge < -0.3 is 19.6 Å². The zero-order valence-corrected chi connectivity index (χ0v) is 23.5. The minimum Gasteiger partial charge on any atom is -0.507 e. The second kappa shape index (κ2) is 11.5. The quantitative estimate of drug-likeness (QED) is 0.262. The van der Waals surface area contributed by atoms with Crippen molar-refractivity contribution in [1.82, 2.24) is 9.88 Å². The highest BCUT2D eigenvalue weighted by Crippen LogP contribution is 2.42. The molecule has 0 saturated carbocycles. The number of pyridine rings is 1. The first-order valence-electron chi connectivity index (χ1n) is 13.7. The van der Waals surface area contributed by atoms with E-state index < -0.39 is 17.7 Å². The molecule has 2 aromatic carbocycles. The molecule has 8 heteroatoms. The number of piperazine rings is 1. The molecule has 0 spiro atoms. The highest BCUT2D eigenvalue weighted by atomic mass is 16.5. The van der Waals surface area contributed by atoms with Crippen LogP contribution in [0.3, 0.4) is 0 Å². The van der Waals surface area contributed by atoms with Gasteiger partial charge in [0.2, 0.25) is 0 Å². The van der Waals surface area contributed by atoms with Crippen LogP contribution in [0.1, 0.15) is 36.6 Å². The van der Waals surface area contributed by atoms with Gasteiger partial charge in [0.1, 0.15) is 11.5 Å². The number of aryl methyl sites for hydroxylation is 1. The van der Waals surface area contributed by atoms with E-state index in [1.807, 2.05) is 31.2 Å². The number of anilines is 2. The summed E-state index contributed by atoms with van der Waals surface area (Å²) in [5, 5.41) is 11.5. The van der Waals surface area contributed by atoms with Crippen LogP contribution in [-0.2, 0) is 9.59 Å². The van der Waals surface area contributed by atoms with Crippen LogP contribution in [0.25, 0.3) is 5.76 Å². The molecule has 3 aromatic rings. The van der Waals surface area contributed by atoms with E-state index >= 15 is 0 Å². The van der Waals surface area contributed by atoms with Crippen molar-refractivity contribution in [2.24, 2.45) is 5.92 Å². The smallest absolute Gasteiger partial charge is 0.300 e. The summed E-state index contributed by atoms with van der Waals surface area (Å²) in [6.07, 6.45) is 3.24. The molecule has 2 aliphatic heterocycles. The van der Waals surface area contributed by atoms with E-state index in [-0.39, 0.29) is 11.3 Å². The summed E-state index contributed by atoms with van der Waals surface area (Å²) in [6, 6.07) is 15.8. The van der Waals surface area contributed by atoms with Crippen LogP contribution in [-0.4, -0.2) is 66.5 Å². The van der Waals surface area contributed by atoms with Crippen molar-refractivity contribution >= 4 is 28.8 Å². The third-order valence-corrected chi connectivity index (χ3v) is 7.48. The molecular weight excluding hydrogens is 504 g/mol. The number of rotatable bonds is 7. The van der Waals surface area contributed by atoms with Gasteiger partial charge in [-0.05, 0) is 85.6 Å². The van der Waals surface area contributed by atoms with Crippen LogP contribution in [0, 0.1) is 12.8 Å². The van der Waals surface area contributed by atoms with Crippen LogP contribution in [0.4, 0.5) is 11.4 Å². The molecule has 40 heavy (non-hydrogen) atoms. The standard InChI is InChI=1S/C32H36N4O4/c1-21(2)20-40-27-10-5-24(19-22(27)3)30(37)28-29(23-11-13-33-14-12-23)36(32(39)31(28)38)26-8-6-25(7-9-26)35-17-15-34(4)16-18-35/h5-14,19,21,29,37H,15-18,20H2,1-4H3/b30-28-. The van der Waals surface area contributed by atoms with Crippen molar-refractivity contribution in [3.8, 4) is 5.75 Å². The lowest BCUT2D eigenvalue weighted by Gasteiger charge is -2.34. The maximum Gasteiger partial charge on any atom is 0.300 e. The molecule has 2 aliphatic rings. The zero-order chi connectivity index (χ0) is 28.4. The normalized spacial score (nSPS) is 19.5. The number of benzene rings is 2. The van der Waals surface area contributed by atoms with E-state index in [4.69, 9.17) is 4.74 Å². The summed E-state index contributed by atoms with van der Waals surface area (Å²) >= 11 is 0. The fourth-order valence-corrected chi connectivity index (χ4v) is 5.22. The Hall–Kier alpha value is -4.17. The first kappa shape index (κ1) is 27.4. The molecule has 2 fully saturated rings. The molecule has 0 aliphatic carbocycles. The van der Waals surface area contributed by atoms with E-state index in [0.29, 0.717) is 29.3 Å². The Bertz CT molecular complexity index is 1410. The molecule has 1 unspecified atom stereocenters. The number of carbonyl (C=O) groups is 2. The Morgan fingerprint density at radius 1 is 0.975 bits per heavy atom. The topological polar surface area (TPSA) is 86.2 Å². The number of amides is 1. The van der Waals surface area contributed by atoms with Gasteiger partial charge in [-0.3, -0.25) is 19.5 Å². The molecule has 8 nitrogen and oxygen atoms in total. The number of nitrogens with zero attached hydrogens (tertiary/aromatic N) is 4. The predicted octanol–water partition coefficient (Wildman–Crippen LogP) is 4.80. The molecular formula is C32H36N4O4. The zero-order valence-electron chi connectivity index (χ0n) is 23.5. The fourth-order valence-electron chi connectivity index (χ4n) is 5.22. The number of aliphatic hydroxyl groups is 1. The summed E-state index contributed by atoms with van der Waals surface area (Å²) in [7, 11) is 2.12. The van der Waals surface area contributed by atoms with Gasteiger partial charge in [-0.1, -0.05) is 13.8 Å². The first-order valence-corrected chi connectivity index (χ1v) is 13.7. The largest absolute Gasteiger partial charge is 0.507 e. The number of Topliss-reactive ketones (excluding diaryl/α,β-unsaturated/α-hetero) is 1. The van der Waals surface area contributed by atoms with Gasteiger partial charge in [-0.25, -0.2) is 0 Å². The van der Waals surface area contributed by atoms with Gasteiger partial charge >= 0.3 is 0 Å². The van der Waals surface area contributed by atoms with E-state index in [0.717, 1.165) is 43.2 Å². The lowest BCUT2D eigenvalue weighted by molar-refractivity contribution is -0.132. The van der Waals surface area contributed by atoms with Crippen LogP contribution < -0.4 is 14.5 Å². The van der Waals surface area contributed by atoms with Gasteiger partial charge in [0.15, 0.2) is 0 Å². The SMILES string of the molecule is Cc1cc(/C(O)=C2/C(=O)C(=O)N(c3ccc(N4CCN(C)CC4)cc3)C2c2ccncc2)ccc1OCC(C)C. The predicted molar refractivity (Wildman–Crippen MR) is 157 cm³/mol. The van der Waals surface area contributed by atoms with Crippen molar-refractivity contribution in [3.63, 3.8) is 0 Å². The summed E-state index contributed by atoms with van der Waals surface area (Å²) in [5.41, 5.74) is 3.69. The highest BCUT2D eigenvalue weighted by Gasteiger charge is 2.47. The molecule has 2 saturated heterocycles. The van der Waals surface area contributed by atoms with Crippen molar-refractivity contribution in [2.45, 2.75) is 26.8 Å². The number of hydrogen-bond donors (Lipinski definition) is 1. The number of likely N-dealkylation sites (N-methyl/N-ethyl adjacent to an activating group) is 1. The summed E-state index contributed by atoms with van der Waals surface area (Å²) < 4.78 is 5.88. The maximum absolute atomic E-state index is 13.5. The molecule has 0 bridgehead atoms. The minimum atomic E-state index is -0.797. The highest BCUT2D eigenvalue weighted by molar-refractivity contribution is 6.51. The number of aromatic nitrogens is 1. The fraction of sp³-hybridized carbons (Fsp3) is 0.344. The lowest BCUT2D eigenvalue weighted by atomic mass is 9.95. The van der Waals surface area contributed by atoms with E-state index in [2.05, 4.69) is 35.7 Å². The molecule has 208 valence electrons. The van der Waals surface area contributed by atoms with Gasteiger partial charge in [-0.2, -0.15) is 0 Å². The Kier molecular flexibility index (Phi) is 7.89. The molecule has 1 amide bonds. The van der Waals surface area contributed by atoms with Crippen LogP contribution >= 0.6 is 0 Å². The van der Waals surface area contributed by atoms with Gasteiger partial charge in [0, 0.05) is 55.5 Å². The number of aliphatic hydroxyl groups excluding tert-OH is 1. The summed E-state index contributed by atoms with van der Waals surface area (Å²) in [5.74, 6) is -0.518. The summed E-state index contributed by atoms with van der Waals surface area (Å²) in [6.45, 7) is 10.5. The number of hydrogen-bond acceptors (Lipinski definition) is 7. The van der Waals surface area contributed by atoms with E-state index in [1.54, 1.807) is 42.7 Å². The van der Waals surface area contributed by atoms with Crippen LogP contribution in [0.2, 0.25) is 0 Å². The lowest BCUT2D eigenvalue weighted by Crippen LogP contribution is -2.44. The van der Waals surface area contributed by atoms with Crippen LogP contribution in [0.5, 0.6) is 5.75 Å². The Balaban J connectivity index is 1.52. The monoisotopic (exact) mass is 540 g/mol. The first-order chi connectivity index (χ1) is 19.2. The van der Waals surface area contributed by atoms with Crippen LogP contribution in [0.15, 0.2) is 72.6 Å². The third-order valence-electron chi connectivity index (χ3n) is 7.48. The van der Waals surface area contributed by atoms with Crippen molar-refractivity contribution in [1.29, 1.82) is 0 Å². The molecule has 1 aromatic heterocycles. The van der Waals surface area contributed by atoms with Crippen molar-refractivity contribution in [3.05, 3.63) is 89.3 Å². The number of carbonyl (C=O) groups excluding carboxylic acids is 2. The maximum atomic E-state index is 13.5. The number of ether oxygens (including phenoxy) is 1. The molecule has 0 radical (unpaired) electrons. The second-order valence-corrected chi connectivity index (χ2v) is 10.9. The Labute approximate surface area is 235 Å². The van der Waals surface area contributed by atoms with E-state index in [9.17, 15) is 14.7 Å². The van der Waals surface area contributed by atoms with Gasteiger partial charge in [0.25, 0.3) is 11.7 Å². The Morgan fingerprint density at radius 3 is 2.25 bits per heavy atom. The molecule has 5 rings (SSSR count). The number of ketones is 1. The van der Waals surface area contributed by atoms with Crippen molar-refractivity contribution in [2.75, 3.05) is 49.6 Å². The van der Waals surface area contributed by atoms with Crippen molar-refractivity contribution < 1.29 is 19.4 Å². The van der Waals surface area contributed by atoms with E-state index in [1.165, 1.54) is 4.90 Å². The average Bonchev–Trinajstić information content (AvgIpc) is 3.22. The van der Waals surface area contributed by atoms with Gasteiger partial charge in [-0.15, -0.1) is 0 Å².